The van der Waals surface area contributed by atoms with Gasteiger partial charge in [-0.25, -0.2) is 15.0 Å². The van der Waals surface area contributed by atoms with Gasteiger partial charge in [0.05, 0.1) is 6.04 Å². The normalized spacial score (nSPS) is 15.7. The maximum Gasteiger partial charge on any atom is 0.164 e. The lowest BCUT2D eigenvalue weighted by Gasteiger charge is -2.29. The van der Waals surface area contributed by atoms with Crippen LogP contribution in [-0.4, -0.2) is 21.0 Å². The van der Waals surface area contributed by atoms with Crippen LogP contribution in [0.15, 0.2) is 199 Å². The molecule has 2 aliphatic rings. The van der Waals surface area contributed by atoms with Gasteiger partial charge in [-0.2, -0.15) is 0 Å². The van der Waals surface area contributed by atoms with Crippen molar-refractivity contribution in [2.75, 3.05) is 4.90 Å². The van der Waals surface area contributed by atoms with E-state index in [1.807, 2.05) is 60.7 Å². The van der Waals surface area contributed by atoms with Crippen molar-refractivity contribution in [3.63, 3.8) is 0 Å². The minimum Gasteiger partial charge on any atom is -0.456 e. The lowest BCUT2D eigenvalue weighted by Crippen LogP contribution is -2.28. The first-order valence-electron chi connectivity index (χ1n) is 19.0. The Hall–Kier alpha value is -7.37. The zero-order valence-corrected chi connectivity index (χ0v) is 30.3. The predicted octanol–water partition coefficient (Wildman–Crippen LogP) is 12.8. The maximum atomic E-state index is 6.52. The third kappa shape index (κ3) is 5.52. The average Bonchev–Trinajstić information content (AvgIpc) is 3.81. The molecular formula is C51H34N4O. The van der Waals surface area contributed by atoms with Crippen LogP contribution in [0.2, 0.25) is 0 Å². The van der Waals surface area contributed by atoms with Crippen LogP contribution in [0.3, 0.4) is 0 Å². The molecule has 5 nitrogen and oxygen atoms in total. The van der Waals surface area contributed by atoms with Gasteiger partial charge in [0.1, 0.15) is 11.2 Å². The molecule has 2 atom stereocenters. The molecule has 56 heavy (non-hydrogen) atoms. The van der Waals surface area contributed by atoms with Crippen molar-refractivity contribution in [1.82, 2.24) is 15.0 Å². The van der Waals surface area contributed by atoms with Crippen molar-refractivity contribution < 1.29 is 4.42 Å². The Balaban J connectivity index is 0.935. The smallest absolute Gasteiger partial charge is 0.164 e. The molecule has 0 bridgehead atoms. The van der Waals surface area contributed by atoms with Crippen LogP contribution >= 0.6 is 0 Å². The summed E-state index contributed by atoms with van der Waals surface area (Å²) in [6.45, 7) is 0. The first-order chi connectivity index (χ1) is 27.7. The minimum atomic E-state index is 0.207. The summed E-state index contributed by atoms with van der Waals surface area (Å²) in [4.78, 5) is 17.2. The number of nitrogens with zero attached hydrogens (tertiary/aromatic N) is 4. The number of benzene rings is 7. The van der Waals surface area contributed by atoms with Crippen molar-refractivity contribution >= 4 is 33.3 Å². The van der Waals surface area contributed by atoms with Crippen LogP contribution in [0.5, 0.6) is 0 Å². The van der Waals surface area contributed by atoms with Crippen LogP contribution in [-0.2, 0) is 0 Å². The minimum absolute atomic E-state index is 0.207. The van der Waals surface area contributed by atoms with Crippen molar-refractivity contribution in [2.45, 2.75) is 12.0 Å². The van der Waals surface area contributed by atoms with Gasteiger partial charge in [-0.1, -0.05) is 158 Å². The summed E-state index contributed by atoms with van der Waals surface area (Å²) in [5.41, 5.74) is 12.9. The molecule has 0 saturated carbocycles. The third-order valence-corrected chi connectivity index (χ3v) is 11.1. The van der Waals surface area contributed by atoms with E-state index in [9.17, 15) is 0 Å². The van der Waals surface area contributed by atoms with Gasteiger partial charge in [-0.3, -0.25) is 0 Å². The van der Waals surface area contributed by atoms with E-state index in [4.69, 9.17) is 19.4 Å². The number of furan rings is 1. The molecule has 2 unspecified atom stereocenters. The van der Waals surface area contributed by atoms with Gasteiger partial charge < -0.3 is 9.32 Å². The Bertz CT molecular complexity index is 2910. The van der Waals surface area contributed by atoms with Crippen LogP contribution in [0.1, 0.15) is 11.5 Å². The molecule has 9 aromatic rings. The lowest BCUT2D eigenvalue weighted by atomic mass is 9.90. The Labute approximate surface area is 324 Å². The molecule has 7 aromatic carbocycles. The van der Waals surface area contributed by atoms with Gasteiger partial charge in [0.2, 0.25) is 0 Å². The summed E-state index contributed by atoms with van der Waals surface area (Å²) in [6, 6.07) is 59.4. The molecule has 0 saturated heterocycles. The standard InChI is InChI=1S/C51H34N4O/c1-4-12-33(13-5-1)38-24-27-42-41-18-10-11-19-45(41)55(46(42)30-38)40-26-29-47-44(32-40)43-28-25-39(31-48(43)56-47)34-20-22-37(23-21-34)51-53-49(35-14-6-2-7-15-35)52-50(54-51)36-16-8-3-9-17-36/h1-32,41,45H. The number of allylic oxidation sites excluding steroid dienone is 2. The van der Waals surface area contributed by atoms with Gasteiger partial charge in [-0.05, 0) is 64.2 Å². The van der Waals surface area contributed by atoms with E-state index in [1.54, 1.807) is 0 Å². The third-order valence-electron chi connectivity index (χ3n) is 11.1. The Morgan fingerprint density at radius 1 is 0.411 bits per heavy atom. The van der Waals surface area contributed by atoms with Crippen LogP contribution in [0.25, 0.3) is 78.4 Å². The summed E-state index contributed by atoms with van der Waals surface area (Å²) < 4.78 is 6.52. The zero-order valence-electron chi connectivity index (χ0n) is 30.3. The molecule has 0 radical (unpaired) electrons. The first-order valence-corrected chi connectivity index (χ1v) is 19.0. The van der Waals surface area contributed by atoms with Crippen molar-refractivity contribution in [2.24, 2.45) is 0 Å². The molecule has 3 heterocycles. The van der Waals surface area contributed by atoms with Gasteiger partial charge in [0, 0.05) is 44.8 Å². The van der Waals surface area contributed by atoms with E-state index < -0.39 is 0 Å². The molecule has 0 amide bonds. The molecule has 5 heteroatoms. The SMILES string of the molecule is C1=CC2c3ccc(-c4ccccc4)cc3N(c3ccc4oc5cc(-c6ccc(-c7nc(-c8ccccc8)nc(-c8ccccc8)n7)cc6)ccc5c4c3)C2C=C1. The fourth-order valence-electron chi connectivity index (χ4n) is 8.29. The second-order valence-corrected chi connectivity index (χ2v) is 14.4. The Morgan fingerprint density at radius 2 is 0.946 bits per heavy atom. The second-order valence-electron chi connectivity index (χ2n) is 14.4. The molecule has 1 aliphatic carbocycles. The molecule has 1 aliphatic heterocycles. The maximum absolute atomic E-state index is 6.52. The van der Waals surface area contributed by atoms with E-state index >= 15 is 0 Å². The molecule has 0 N–H and O–H groups in total. The topological polar surface area (TPSA) is 55.1 Å². The number of fused-ring (bicyclic) bond motifs is 6. The highest BCUT2D eigenvalue weighted by atomic mass is 16.3. The molecule has 0 fully saturated rings. The van der Waals surface area contributed by atoms with Crippen molar-refractivity contribution in [3.8, 4) is 56.4 Å². The monoisotopic (exact) mass is 718 g/mol. The molecule has 264 valence electrons. The predicted molar refractivity (Wildman–Crippen MR) is 228 cm³/mol. The Kier molecular flexibility index (Phi) is 7.56. The van der Waals surface area contributed by atoms with Gasteiger partial charge >= 0.3 is 0 Å². The van der Waals surface area contributed by atoms with Gasteiger partial charge in [-0.15, -0.1) is 0 Å². The summed E-state index contributed by atoms with van der Waals surface area (Å²) in [7, 11) is 0. The average molecular weight is 719 g/mol. The number of hydrogen-bond acceptors (Lipinski definition) is 5. The largest absolute Gasteiger partial charge is 0.456 e. The zero-order chi connectivity index (χ0) is 37.0. The second kappa shape index (κ2) is 13.2. The first kappa shape index (κ1) is 32.1. The summed E-state index contributed by atoms with van der Waals surface area (Å²) in [6.07, 6.45) is 9.01. The van der Waals surface area contributed by atoms with Gasteiger partial charge in [0.15, 0.2) is 17.5 Å². The number of rotatable bonds is 6. The number of anilines is 2. The van der Waals surface area contributed by atoms with Crippen LogP contribution in [0, 0.1) is 0 Å². The van der Waals surface area contributed by atoms with Crippen LogP contribution < -0.4 is 4.90 Å². The highest BCUT2D eigenvalue weighted by Gasteiger charge is 2.37. The molecule has 0 spiro atoms. The van der Waals surface area contributed by atoms with E-state index in [0.29, 0.717) is 23.4 Å². The van der Waals surface area contributed by atoms with E-state index in [2.05, 4.69) is 138 Å². The van der Waals surface area contributed by atoms with E-state index in [0.717, 1.165) is 55.4 Å². The van der Waals surface area contributed by atoms with E-state index in [-0.39, 0.29) is 6.04 Å². The lowest BCUT2D eigenvalue weighted by molar-refractivity contribution is 0.669. The summed E-state index contributed by atoms with van der Waals surface area (Å²) >= 11 is 0. The number of hydrogen-bond donors (Lipinski definition) is 0. The molecular weight excluding hydrogens is 685 g/mol. The van der Waals surface area contributed by atoms with Gasteiger partial charge in [0.25, 0.3) is 0 Å². The van der Waals surface area contributed by atoms with Crippen molar-refractivity contribution in [1.29, 1.82) is 0 Å². The van der Waals surface area contributed by atoms with Crippen molar-refractivity contribution in [3.05, 3.63) is 200 Å². The van der Waals surface area contributed by atoms with E-state index in [1.165, 1.54) is 22.4 Å². The highest BCUT2D eigenvalue weighted by molar-refractivity contribution is 6.07. The quantitative estimate of drug-likeness (QED) is 0.171. The highest BCUT2D eigenvalue weighted by Crippen LogP contribution is 2.49. The fourth-order valence-corrected chi connectivity index (χ4v) is 8.29. The number of aromatic nitrogens is 3. The fraction of sp³-hybridized carbons (Fsp3) is 0.0392. The molecule has 2 aromatic heterocycles. The molecule has 11 rings (SSSR count). The summed E-state index contributed by atoms with van der Waals surface area (Å²) in [5, 5.41) is 2.21. The van der Waals surface area contributed by atoms with Crippen LogP contribution in [0.4, 0.5) is 11.4 Å². The Morgan fingerprint density at radius 3 is 1.62 bits per heavy atom. The summed E-state index contributed by atoms with van der Waals surface area (Å²) in [5.74, 6) is 2.23.